The van der Waals surface area contributed by atoms with Crippen LogP contribution in [0.5, 0.6) is 0 Å². The molecule has 0 radical (unpaired) electrons. The molecule has 3 aliphatic rings. The van der Waals surface area contributed by atoms with E-state index in [0.29, 0.717) is 24.4 Å². The molecule has 0 spiro atoms. The Morgan fingerprint density at radius 2 is 1.54 bits per heavy atom. The van der Waals surface area contributed by atoms with Crippen molar-refractivity contribution in [3.63, 3.8) is 0 Å². The van der Waals surface area contributed by atoms with Gasteiger partial charge in [0, 0.05) is 76.6 Å². The number of carboxylic acid groups (broad SMARTS) is 2. The van der Waals surface area contributed by atoms with E-state index in [9.17, 15) is 31.1 Å². The quantitative estimate of drug-likeness (QED) is 0.503. The van der Waals surface area contributed by atoms with Crippen molar-refractivity contribution in [2.45, 2.75) is 50.2 Å². The Hall–Kier alpha value is -2.92. The molecule has 2 atom stereocenters. The minimum Gasteiger partial charge on any atom is -0.475 e. The van der Waals surface area contributed by atoms with E-state index in [1.54, 1.807) is 0 Å². The van der Waals surface area contributed by atoms with Gasteiger partial charge in [0.2, 0.25) is 5.91 Å². The second-order valence-electron chi connectivity index (χ2n) is 9.10. The van der Waals surface area contributed by atoms with Crippen LogP contribution in [0, 0.1) is 0 Å². The standard InChI is InChI=1S/C18H29N5O2.2C2HF3O2/c1-20-13-15(12-19-20)14-22-5-4-17-16(22)2-3-18(24)23(17)7-6-21-8-10-25-11-9-21;2*3-2(4,5)1(6)7/h12-13,16-17H,2-11,14H2,1H3;2*(H,6,7)/t16-,17-;;/m0../s1. The molecule has 2 N–H and O–H groups in total. The van der Waals surface area contributed by atoms with E-state index >= 15 is 0 Å². The van der Waals surface area contributed by atoms with Crippen LogP contribution in [0.3, 0.4) is 0 Å². The lowest BCUT2D eigenvalue weighted by Gasteiger charge is -2.41. The number of fused-ring (bicyclic) bond motifs is 1. The number of hydrogen-bond donors (Lipinski definition) is 2. The summed E-state index contributed by atoms with van der Waals surface area (Å²) in [5.41, 5.74) is 1.26. The number of carbonyl (C=O) groups excluding carboxylic acids is 1. The third-order valence-electron chi connectivity index (χ3n) is 6.39. The fraction of sp³-hybridized carbons (Fsp3) is 0.727. The molecule has 0 bridgehead atoms. The van der Waals surface area contributed by atoms with E-state index in [0.717, 1.165) is 65.3 Å². The zero-order chi connectivity index (χ0) is 29.4. The fourth-order valence-corrected chi connectivity index (χ4v) is 4.59. The van der Waals surface area contributed by atoms with Crippen molar-refractivity contribution >= 4 is 17.8 Å². The van der Waals surface area contributed by atoms with E-state index in [2.05, 4.69) is 26.0 Å². The molecule has 1 aromatic rings. The van der Waals surface area contributed by atoms with Gasteiger partial charge in [0.05, 0.1) is 19.4 Å². The van der Waals surface area contributed by atoms with Crippen LogP contribution in [0.25, 0.3) is 0 Å². The molecule has 11 nitrogen and oxygen atoms in total. The number of ether oxygens (including phenoxy) is 1. The molecular weight excluding hydrogens is 544 g/mol. The van der Waals surface area contributed by atoms with Crippen molar-refractivity contribution < 1.29 is 55.7 Å². The fourth-order valence-electron chi connectivity index (χ4n) is 4.59. The van der Waals surface area contributed by atoms with Crippen molar-refractivity contribution in [2.24, 2.45) is 7.05 Å². The third-order valence-corrected chi connectivity index (χ3v) is 6.39. The molecule has 0 aromatic carbocycles. The number of amides is 1. The van der Waals surface area contributed by atoms with Gasteiger partial charge < -0.3 is 19.8 Å². The molecule has 0 aliphatic carbocycles. The van der Waals surface area contributed by atoms with E-state index in [-0.39, 0.29) is 0 Å². The normalized spacial score (nSPS) is 22.3. The summed E-state index contributed by atoms with van der Waals surface area (Å²) in [5.74, 6) is -5.17. The Morgan fingerprint density at radius 1 is 0.974 bits per heavy atom. The molecular formula is C22H31F6N5O6. The Labute approximate surface area is 219 Å². The summed E-state index contributed by atoms with van der Waals surface area (Å²) in [4.78, 5) is 37.5. The Morgan fingerprint density at radius 3 is 2.03 bits per heavy atom. The lowest BCUT2D eigenvalue weighted by molar-refractivity contribution is -0.193. The van der Waals surface area contributed by atoms with Crippen LogP contribution >= 0.6 is 0 Å². The monoisotopic (exact) mass is 575 g/mol. The number of alkyl halides is 6. The smallest absolute Gasteiger partial charge is 0.475 e. The second-order valence-corrected chi connectivity index (χ2v) is 9.10. The van der Waals surface area contributed by atoms with Gasteiger partial charge in [-0.3, -0.25) is 19.3 Å². The largest absolute Gasteiger partial charge is 0.490 e. The van der Waals surface area contributed by atoms with E-state index in [1.807, 2.05) is 17.9 Å². The van der Waals surface area contributed by atoms with Crippen molar-refractivity contribution in [3.05, 3.63) is 18.0 Å². The molecule has 4 rings (SSSR count). The number of nitrogens with zero attached hydrogens (tertiary/aromatic N) is 5. The van der Waals surface area contributed by atoms with Crippen molar-refractivity contribution in [2.75, 3.05) is 45.9 Å². The number of piperidine rings is 1. The minimum absolute atomic E-state index is 0.345. The molecule has 0 unspecified atom stereocenters. The summed E-state index contributed by atoms with van der Waals surface area (Å²) in [7, 11) is 1.96. The van der Waals surface area contributed by atoms with E-state index < -0.39 is 24.3 Å². The summed E-state index contributed by atoms with van der Waals surface area (Å²) in [6, 6.07) is 0.890. The molecule has 4 heterocycles. The lowest BCUT2D eigenvalue weighted by Crippen LogP contribution is -2.54. The first-order chi connectivity index (χ1) is 18.1. The van der Waals surface area contributed by atoms with Crippen LogP contribution in [-0.2, 0) is 32.7 Å². The van der Waals surface area contributed by atoms with Crippen LogP contribution in [0.2, 0.25) is 0 Å². The Bertz CT molecular complexity index is 942. The lowest BCUT2D eigenvalue weighted by atomic mass is 9.96. The van der Waals surface area contributed by atoms with Gasteiger partial charge in [-0.2, -0.15) is 31.4 Å². The number of morpholine rings is 1. The number of halogens is 6. The summed E-state index contributed by atoms with van der Waals surface area (Å²) in [6.45, 7) is 7.47. The second kappa shape index (κ2) is 13.9. The zero-order valence-corrected chi connectivity index (χ0v) is 21.1. The number of likely N-dealkylation sites (tertiary alicyclic amines) is 2. The van der Waals surface area contributed by atoms with Crippen LogP contribution in [0.1, 0.15) is 24.8 Å². The molecule has 3 fully saturated rings. The number of hydrogen-bond acceptors (Lipinski definition) is 7. The first-order valence-electron chi connectivity index (χ1n) is 12.0. The number of carbonyl (C=O) groups is 3. The predicted molar refractivity (Wildman–Crippen MR) is 121 cm³/mol. The SMILES string of the molecule is Cn1cc(CN2CC[C@H]3[C@@H]2CCC(=O)N3CCN2CCOCC2)cn1.O=C(O)C(F)(F)F.O=C(O)C(F)(F)F. The highest BCUT2D eigenvalue weighted by atomic mass is 19.4. The number of rotatable bonds is 5. The highest BCUT2D eigenvalue weighted by Gasteiger charge is 2.43. The number of aliphatic carboxylic acids is 2. The van der Waals surface area contributed by atoms with Gasteiger partial charge in [0.25, 0.3) is 0 Å². The maximum absolute atomic E-state index is 12.5. The van der Waals surface area contributed by atoms with Gasteiger partial charge in [-0.1, -0.05) is 0 Å². The highest BCUT2D eigenvalue weighted by Crippen LogP contribution is 2.32. The van der Waals surface area contributed by atoms with Gasteiger partial charge >= 0.3 is 24.3 Å². The summed E-state index contributed by atoms with van der Waals surface area (Å²) >= 11 is 0. The van der Waals surface area contributed by atoms with Gasteiger partial charge in [0.1, 0.15) is 0 Å². The molecule has 3 saturated heterocycles. The Balaban J connectivity index is 0.000000317. The molecule has 3 aliphatic heterocycles. The van der Waals surface area contributed by atoms with Crippen LogP contribution in [0.4, 0.5) is 26.3 Å². The number of aromatic nitrogens is 2. The average molecular weight is 576 g/mol. The Kier molecular flexibility index (Phi) is 11.5. The van der Waals surface area contributed by atoms with Crippen molar-refractivity contribution in [3.8, 4) is 0 Å². The third kappa shape index (κ3) is 10.3. The number of aryl methyl sites for hydroxylation is 1. The van der Waals surface area contributed by atoms with Crippen LogP contribution < -0.4 is 0 Å². The topological polar surface area (TPSA) is 128 Å². The van der Waals surface area contributed by atoms with Crippen molar-refractivity contribution in [1.29, 1.82) is 0 Å². The summed E-state index contributed by atoms with van der Waals surface area (Å²) < 4.78 is 70.8. The maximum Gasteiger partial charge on any atom is 0.490 e. The predicted octanol–water partition coefficient (Wildman–Crippen LogP) is 1.58. The highest BCUT2D eigenvalue weighted by molar-refractivity contribution is 5.77. The average Bonchev–Trinajstić information content (AvgIpc) is 3.44. The molecule has 39 heavy (non-hydrogen) atoms. The van der Waals surface area contributed by atoms with Gasteiger partial charge in [-0.05, 0) is 12.8 Å². The van der Waals surface area contributed by atoms with Crippen LogP contribution in [-0.4, -0.2) is 123 Å². The van der Waals surface area contributed by atoms with E-state index in [4.69, 9.17) is 24.5 Å². The van der Waals surface area contributed by atoms with Gasteiger partial charge in [-0.15, -0.1) is 0 Å². The molecule has 1 amide bonds. The number of carboxylic acids is 2. The first-order valence-corrected chi connectivity index (χ1v) is 12.0. The van der Waals surface area contributed by atoms with E-state index in [1.165, 1.54) is 5.56 Å². The zero-order valence-electron chi connectivity index (χ0n) is 21.1. The van der Waals surface area contributed by atoms with Crippen LogP contribution in [0.15, 0.2) is 12.4 Å². The van der Waals surface area contributed by atoms with Gasteiger partial charge in [-0.25, -0.2) is 9.59 Å². The van der Waals surface area contributed by atoms with Crippen molar-refractivity contribution in [1.82, 2.24) is 24.5 Å². The van der Waals surface area contributed by atoms with Gasteiger partial charge in [0.15, 0.2) is 0 Å². The molecule has 0 saturated carbocycles. The summed E-state index contributed by atoms with van der Waals surface area (Å²) in [6.07, 6.45) is -3.33. The molecule has 222 valence electrons. The molecule has 17 heteroatoms. The summed E-state index contributed by atoms with van der Waals surface area (Å²) in [5, 5.41) is 18.5. The minimum atomic E-state index is -5.08. The maximum atomic E-state index is 12.5. The first kappa shape index (κ1) is 32.3. The molecule has 1 aromatic heterocycles.